The molecule has 3 nitrogen and oxygen atoms in total. The summed E-state index contributed by atoms with van der Waals surface area (Å²) in [7, 11) is 0. The van der Waals surface area contributed by atoms with Crippen LogP contribution in [0, 0.1) is 11.3 Å². The molecule has 2 aromatic rings. The minimum absolute atomic E-state index is 0.0663. The van der Waals surface area contributed by atoms with Crippen molar-refractivity contribution in [3.05, 3.63) is 52.7 Å². The second kappa shape index (κ2) is 6.35. The minimum Gasteiger partial charge on any atom is -0.294 e. The highest BCUT2D eigenvalue weighted by atomic mass is 19.4. The van der Waals surface area contributed by atoms with Crippen molar-refractivity contribution < 1.29 is 26.7 Å². The lowest BCUT2D eigenvalue weighted by Crippen LogP contribution is -2.07. The fourth-order valence-electron chi connectivity index (χ4n) is 2.10. The van der Waals surface area contributed by atoms with Crippen molar-refractivity contribution in [3.8, 4) is 17.3 Å². The Bertz CT molecular complexity index is 820. The zero-order valence-corrected chi connectivity index (χ0v) is 12.2. The van der Waals surface area contributed by atoms with Gasteiger partial charge in [-0.1, -0.05) is 12.1 Å². The molecule has 0 bridgehead atoms. The van der Waals surface area contributed by atoms with E-state index in [2.05, 4.69) is 4.98 Å². The van der Waals surface area contributed by atoms with E-state index in [9.17, 15) is 26.7 Å². The maximum absolute atomic E-state index is 13.1. The number of carbonyl (C=O) groups is 1. The average molecular weight is 340 g/mol. The molecular formula is C16H9F5N2O. The second-order valence-electron chi connectivity index (χ2n) is 4.86. The number of rotatable bonds is 3. The number of hydrogen-bond acceptors (Lipinski definition) is 3. The molecule has 0 aliphatic carbocycles. The fraction of sp³-hybridized carbons (Fsp3) is 0.188. The summed E-state index contributed by atoms with van der Waals surface area (Å²) in [5.74, 6) is -0.687. The molecule has 1 aromatic heterocycles. The zero-order valence-electron chi connectivity index (χ0n) is 12.2. The minimum atomic E-state index is -4.55. The number of ketones is 1. The largest absolute Gasteiger partial charge is 0.416 e. The van der Waals surface area contributed by atoms with Crippen molar-refractivity contribution in [2.45, 2.75) is 19.5 Å². The Balaban J connectivity index is 2.64. The lowest BCUT2D eigenvalue weighted by atomic mass is 10.00. The van der Waals surface area contributed by atoms with Crippen LogP contribution >= 0.6 is 0 Å². The van der Waals surface area contributed by atoms with E-state index in [-0.39, 0.29) is 16.8 Å². The van der Waals surface area contributed by atoms with Gasteiger partial charge in [0.25, 0.3) is 6.43 Å². The number of Topliss-reactive ketones (excluding diaryl/α,β-unsaturated/α-hetero) is 1. The molecule has 1 aromatic carbocycles. The maximum atomic E-state index is 13.1. The smallest absolute Gasteiger partial charge is 0.294 e. The molecule has 0 amide bonds. The van der Waals surface area contributed by atoms with E-state index in [4.69, 9.17) is 5.26 Å². The molecule has 8 heteroatoms. The molecule has 0 radical (unpaired) electrons. The number of nitrogens with zero attached hydrogens (tertiary/aromatic N) is 2. The van der Waals surface area contributed by atoms with Gasteiger partial charge in [-0.05, 0) is 25.1 Å². The third-order valence-corrected chi connectivity index (χ3v) is 3.24. The highest BCUT2D eigenvalue weighted by Crippen LogP contribution is 2.33. The van der Waals surface area contributed by atoms with Gasteiger partial charge in [0.15, 0.2) is 5.78 Å². The average Bonchev–Trinajstić information content (AvgIpc) is 2.52. The van der Waals surface area contributed by atoms with Gasteiger partial charge in [-0.2, -0.15) is 18.4 Å². The van der Waals surface area contributed by atoms with Gasteiger partial charge in [0.2, 0.25) is 0 Å². The number of halogens is 5. The van der Waals surface area contributed by atoms with Gasteiger partial charge in [0.1, 0.15) is 11.8 Å². The van der Waals surface area contributed by atoms with Crippen LogP contribution in [-0.2, 0) is 6.18 Å². The first-order valence-corrected chi connectivity index (χ1v) is 6.57. The van der Waals surface area contributed by atoms with Crippen molar-refractivity contribution in [2.24, 2.45) is 0 Å². The molecule has 0 unspecified atom stereocenters. The quantitative estimate of drug-likeness (QED) is 0.597. The number of aromatic nitrogens is 1. The van der Waals surface area contributed by atoms with Crippen LogP contribution in [-0.4, -0.2) is 10.8 Å². The number of hydrogen-bond donors (Lipinski definition) is 0. The summed E-state index contributed by atoms with van der Waals surface area (Å²) in [6, 6.07) is 6.29. The molecule has 0 fully saturated rings. The summed E-state index contributed by atoms with van der Waals surface area (Å²) in [5, 5.41) is 9.13. The molecule has 2 rings (SSSR count). The standard InChI is InChI=1S/C16H9F5N2O/c1-8(24)12-6-10(7-22)13(23-14(12)15(17)18)9-2-4-11(5-3-9)16(19,20)21/h2-6,15H,1H3. The molecule has 0 aliphatic rings. The maximum Gasteiger partial charge on any atom is 0.416 e. The normalized spacial score (nSPS) is 11.4. The SMILES string of the molecule is CC(=O)c1cc(C#N)c(-c2ccc(C(F)(F)F)cc2)nc1C(F)F. The first-order valence-electron chi connectivity index (χ1n) is 6.57. The van der Waals surface area contributed by atoms with Crippen molar-refractivity contribution in [2.75, 3.05) is 0 Å². The lowest BCUT2D eigenvalue weighted by molar-refractivity contribution is -0.137. The van der Waals surface area contributed by atoms with E-state index in [0.29, 0.717) is 0 Å². The summed E-state index contributed by atoms with van der Waals surface area (Å²) >= 11 is 0. The Morgan fingerprint density at radius 1 is 1.21 bits per heavy atom. The van der Waals surface area contributed by atoms with Gasteiger partial charge in [0, 0.05) is 11.1 Å². The Labute approximate surface area is 133 Å². The van der Waals surface area contributed by atoms with Crippen molar-refractivity contribution in [1.82, 2.24) is 4.98 Å². The van der Waals surface area contributed by atoms with Crippen LogP contribution in [0.15, 0.2) is 30.3 Å². The van der Waals surface area contributed by atoms with E-state index >= 15 is 0 Å². The molecule has 0 saturated carbocycles. The highest BCUT2D eigenvalue weighted by molar-refractivity contribution is 5.96. The number of nitriles is 1. The molecule has 24 heavy (non-hydrogen) atoms. The predicted molar refractivity (Wildman–Crippen MR) is 74.4 cm³/mol. The van der Waals surface area contributed by atoms with Gasteiger partial charge in [-0.15, -0.1) is 0 Å². The second-order valence-corrected chi connectivity index (χ2v) is 4.86. The Hall–Kier alpha value is -2.82. The van der Waals surface area contributed by atoms with E-state index in [1.165, 1.54) is 0 Å². The number of carbonyl (C=O) groups excluding carboxylic acids is 1. The molecular weight excluding hydrogens is 331 g/mol. The van der Waals surface area contributed by atoms with Crippen LogP contribution in [0.4, 0.5) is 22.0 Å². The Morgan fingerprint density at radius 3 is 2.21 bits per heavy atom. The Morgan fingerprint density at radius 2 is 1.79 bits per heavy atom. The van der Waals surface area contributed by atoms with Crippen LogP contribution < -0.4 is 0 Å². The van der Waals surface area contributed by atoms with Gasteiger partial charge < -0.3 is 0 Å². The molecule has 0 saturated heterocycles. The van der Waals surface area contributed by atoms with Gasteiger partial charge >= 0.3 is 6.18 Å². The molecule has 0 atom stereocenters. The van der Waals surface area contributed by atoms with Crippen LogP contribution in [0.5, 0.6) is 0 Å². The van der Waals surface area contributed by atoms with Gasteiger partial charge in [-0.3, -0.25) is 4.79 Å². The first-order chi connectivity index (χ1) is 11.1. The van der Waals surface area contributed by atoms with Crippen molar-refractivity contribution in [3.63, 3.8) is 0 Å². The van der Waals surface area contributed by atoms with E-state index in [1.807, 2.05) is 0 Å². The molecule has 0 N–H and O–H groups in total. The molecule has 0 spiro atoms. The van der Waals surface area contributed by atoms with E-state index in [1.54, 1.807) is 6.07 Å². The summed E-state index contributed by atoms with van der Waals surface area (Å²) in [4.78, 5) is 15.1. The van der Waals surface area contributed by atoms with Crippen LogP contribution in [0.3, 0.4) is 0 Å². The predicted octanol–water partition coefficient (Wildman–Crippen LogP) is 4.78. The van der Waals surface area contributed by atoms with E-state index < -0.39 is 35.2 Å². The molecule has 1 heterocycles. The lowest BCUT2D eigenvalue weighted by Gasteiger charge is -2.12. The summed E-state index contributed by atoms with van der Waals surface area (Å²) < 4.78 is 63.9. The fourth-order valence-corrected chi connectivity index (χ4v) is 2.10. The number of benzene rings is 1. The van der Waals surface area contributed by atoms with Crippen LogP contribution in [0.2, 0.25) is 0 Å². The number of pyridine rings is 1. The Kier molecular flexibility index (Phi) is 4.64. The van der Waals surface area contributed by atoms with E-state index in [0.717, 1.165) is 37.3 Å². The first kappa shape index (κ1) is 17.5. The third kappa shape index (κ3) is 3.40. The molecule has 124 valence electrons. The third-order valence-electron chi connectivity index (χ3n) is 3.24. The number of alkyl halides is 5. The van der Waals surface area contributed by atoms with Gasteiger partial charge in [-0.25, -0.2) is 13.8 Å². The topological polar surface area (TPSA) is 53.8 Å². The summed E-state index contributed by atoms with van der Waals surface area (Å²) in [6.07, 6.45) is -7.61. The van der Waals surface area contributed by atoms with Crippen molar-refractivity contribution >= 4 is 5.78 Å². The highest BCUT2D eigenvalue weighted by Gasteiger charge is 2.30. The molecule has 0 aliphatic heterocycles. The zero-order chi connectivity index (χ0) is 18.1. The summed E-state index contributed by atoms with van der Waals surface area (Å²) in [5.41, 5.74) is -2.43. The van der Waals surface area contributed by atoms with Crippen molar-refractivity contribution in [1.29, 1.82) is 5.26 Å². The van der Waals surface area contributed by atoms with Crippen LogP contribution in [0.1, 0.15) is 40.5 Å². The van der Waals surface area contributed by atoms with Gasteiger partial charge in [0.05, 0.1) is 16.8 Å². The monoisotopic (exact) mass is 340 g/mol. The van der Waals surface area contributed by atoms with Crippen LogP contribution in [0.25, 0.3) is 11.3 Å². The summed E-state index contributed by atoms with van der Waals surface area (Å²) in [6.45, 7) is 1.06.